The number of rotatable bonds is 9. The molecule has 0 radical (unpaired) electrons. The predicted molar refractivity (Wildman–Crippen MR) is 109 cm³/mol. The van der Waals surface area contributed by atoms with Crippen LogP contribution in [0.25, 0.3) is 0 Å². The maximum absolute atomic E-state index is 12.7. The smallest absolute Gasteiger partial charge is 0.241 e. The van der Waals surface area contributed by atoms with Crippen LogP contribution in [0.2, 0.25) is 0 Å². The van der Waals surface area contributed by atoms with Crippen LogP contribution in [0.4, 0.5) is 0 Å². The topological polar surface area (TPSA) is 81.7 Å². The van der Waals surface area contributed by atoms with Crippen LogP contribution in [0.5, 0.6) is 11.5 Å². The van der Waals surface area contributed by atoms with E-state index in [1.54, 1.807) is 44.4 Å². The first-order chi connectivity index (χ1) is 13.1. The molecule has 0 aromatic heterocycles. The average molecular weight is 406 g/mol. The second-order valence-corrected chi connectivity index (χ2v) is 8.76. The van der Waals surface area contributed by atoms with Crippen molar-refractivity contribution in [1.29, 1.82) is 0 Å². The monoisotopic (exact) mass is 405 g/mol. The average Bonchev–Trinajstić information content (AvgIpc) is 2.65. The van der Waals surface area contributed by atoms with Gasteiger partial charge in [0.15, 0.2) is 17.3 Å². The van der Waals surface area contributed by atoms with Gasteiger partial charge in [0, 0.05) is 11.6 Å². The summed E-state index contributed by atoms with van der Waals surface area (Å²) in [6.45, 7) is 7.81. The zero-order valence-corrected chi connectivity index (χ0v) is 17.7. The number of nitrogens with one attached hydrogen (secondary N) is 1. The molecular formula is C21H27NO5S. The molecule has 0 saturated carbocycles. The van der Waals surface area contributed by atoms with Gasteiger partial charge in [0.2, 0.25) is 10.0 Å². The number of benzene rings is 2. The van der Waals surface area contributed by atoms with Crippen LogP contribution in [-0.2, 0) is 10.0 Å². The fraction of sp³-hybridized carbons (Fsp3) is 0.381. The predicted octanol–water partition coefficient (Wildman–Crippen LogP) is 3.97. The van der Waals surface area contributed by atoms with E-state index in [-0.39, 0.29) is 10.7 Å². The number of ketones is 1. The fourth-order valence-electron chi connectivity index (χ4n) is 2.58. The summed E-state index contributed by atoms with van der Waals surface area (Å²) < 4.78 is 39.2. The van der Waals surface area contributed by atoms with Crippen molar-refractivity contribution in [3.8, 4) is 11.5 Å². The van der Waals surface area contributed by atoms with Crippen molar-refractivity contribution in [2.45, 2.75) is 38.6 Å². The molecule has 6 nitrogen and oxygen atoms in total. The van der Waals surface area contributed by atoms with Crippen LogP contribution in [-0.4, -0.2) is 27.9 Å². The highest BCUT2D eigenvalue weighted by molar-refractivity contribution is 7.89. The standard InChI is InChI=1S/C21H27NO5S/c1-14(2)13-27-20-10-9-17(12-21(20)26-5)15(3)22-28(24,25)19-8-6-7-18(11-19)16(4)23/h6-12,14-15,22H,13H2,1-5H3/t15-/m0/s1. The van der Waals surface area contributed by atoms with Crippen LogP contribution in [0, 0.1) is 5.92 Å². The van der Waals surface area contributed by atoms with E-state index < -0.39 is 16.1 Å². The number of Topliss-reactive ketones (excluding diaryl/α,β-unsaturated/α-hetero) is 1. The number of carbonyl (C=O) groups is 1. The molecule has 0 aliphatic heterocycles. The van der Waals surface area contributed by atoms with E-state index in [0.717, 1.165) is 5.56 Å². The van der Waals surface area contributed by atoms with E-state index >= 15 is 0 Å². The molecule has 2 rings (SSSR count). The molecule has 1 atom stereocenters. The lowest BCUT2D eigenvalue weighted by Gasteiger charge is -2.18. The molecule has 2 aromatic rings. The minimum Gasteiger partial charge on any atom is -0.493 e. The molecule has 0 heterocycles. The Hall–Kier alpha value is -2.38. The normalized spacial score (nSPS) is 12.6. The lowest BCUT2D eigenvalue weighted by molar-refractivity contribution is 0.101. The third-order valence-corrected chi connectivity index (χ3v) is 5.68. The highest BCUT2D eigenvalue weighted by Gasteiger charge is 2.20. The van der Waals surface area contributed by atoms with Gasteiger partial charge in [0.05, 0.1) is 18.6 Å². The van der Waals surface area contributed by atoms with E-state index in [4.69, 9.17) is 9.47 Å². The van der Waals surface area contributed by atoms with Gasteiger partial charge in [-0.25, -0.2) is 13.1 Å². The summed E-state index contributed by atoms with van der Waals surface area (Å²) in [7, 11) is -2.24. The summed E-state index contributed by atoms with van der Waals surface area (Å²) in [5.41, 5.74) is 1.09. The van der Waals surface area contributed by atoms with Gasteiger partial charge in [0.25, 0.3) is 0 Å². The minimum absolute atomic E-state index is 0.0518. The van der Waals surface area contributed by atoms with Gasteiger partial charge in [-0.2, -0.15) is 0 Å². The van der Waals surface area contributed by atoms with E-state index in [2.05, 4.69) is 18.6 Å². The van der Waals surface area contributed by atoms with Crippen molar-refractivity contribution in [3.63, 3.8) is 0 Å². The molecule has 152 valence electrons. The molecule has 0 spiro atoms. The number of sulfonamides is 1. The molecule has 7 heteroatoms. The quantitative estimate of drug-likeness (QED) is 0.638. The van der Waals surface area contributed by atoms with E-state index in [1.807, 2.05) is 0 Å². The summed E-state index contributed by atoms with van der Waals surface area (Å²) in [6, 6.07) is 10.8. The van der Waals surface area contributed by atoms with Gasteiger partial charge in [-0.15, -0.1) is 0 Å². The van der Waals surface area contributed by atoms with Gasteiger partial charge in [-0.3, -0.25) is 4.79 Å². The lowest BCUT2D eigenvalue weighted by Crippen LogP contribution is -2.27. The zero-order valence-electron chi connectivity index (χ0n) is 16.9. The highest BCUT2D eigenvalue weighted by Crippen LogP contribution is 2.31. The summed E-state index contributed by atoms with van der Waals surface area (Å²) >= 11 is 0. The third kappa shape index (κ3) is 5.56. The van der Waals surface area contributed by atoms with Gasteiger partial charge in [-0.1, -0.05) is 32.0 Å². The number of carbonyl (C=O) groups excluding carboxylic acids is 1. The minimum atomic E-state index is -3.79. The Labute approximate surface area is 166 Å². The van der Waals surface area contributed by atoms with Gasteiger partial charge < -0.3 is 9.47 Å². The molecular weight excluding hydrogens is 378 g/mol. The first-order valence-corrected chi connectivity index (χ1v) is 10.6. The molecule has 0 aliphatic rings. The summed E-state index contributed by atoms with van der Waals surface area (Å²) in [4.78, 5) is 11.6. The van der Waals surface area contributed by atoms with E-state index in [9.17, 15) is 13.2 Å². The Bertz CT molecular complexity index is 938. The van der Waals surface area contributed by atoms with Crippen molar-refractivity contribution in [2.24, 2.45) is 5.92 Å². The number of hydrogen-bond donors (Lipinski definition) is 1. The van der Waals surface area contributed by atoms with Gasteiger partial charge >= 0.3 is 0 Å². The molecule has 0 fully saturated rings. The summed E-state index contributed by atoms with van der Waals surface area (Å²) in [6.07, 6.45) is 0. The van der Waals surface area contributed by atoms with Crippen LogP contribution in [0.3, 0.4) is 0 Å². The second-order valence-electron chi connectivity index (χ2n) is 7.04. The van der Waals surface area contributed by atoms with Crippen LogP contribution in [0.15, 0.2) is 47.4 Å². The molecule has 1 N–H and O–H groups in total. The molecule has 0 aliphatic carbocycles. The van der Waals surface area contributed by atoms with Crippen molar-refractivity contribution in [1.82, 2.24) is 4.72 Å². The largest absolute Gasteiger partial charge is 0.493 e. The van der Waals surface area contributed by atoms with Crippen LogP contribution < -0.4 is 14.2 Å². The molecule has 0 unspecified atom stereocenters. The fourth-order valence-corrected chi connectivity index (χ4v) is 3.86. The molecule has 0 bridgehead atoms. The van der Waals surface area contributed by atoms with Crippen LogP contribution >= 0.6 is 0 Å². The number of ether oxygens (including phenoxy) is 2. The molecule has 0 amide bonds. The number of hydrogen-bond acceptors (Lipinski definition) is 5. The Morgan fingerprint density at radius 2 is 1.79 bits per heavy atom. The molecule has 2 aromatic carbocycles. The van der Waals surface area contributed by atoms with Crippen LogP contribution in [0.1, 0.15) is 49.7 Å². The van der Waals surface area contributed by atoms with Crippen molar-refractivity contribution < 1.29 is 22.7 Å². The SMILES string of the molecule is COc1cc([C@H](C)NS(=O)(=O)c2cccc(C(C)=O)c2)ccc1OCC(C)C. The third-order valence-electron chi connectivity index (χ3n) is 4.14. The maximum atomic E-state index is 12.7. The Morgan fingerprint density at radius 1 is 1.07 bits per heavy atom. The first kappa shape index (κ1) is 21.9. The Morgan fingerprint density at radius 3 is 2.39 bits per heavy atom. The van der Waals surface area contributed by atoms with Crippen molar-refractivity contribution in [2.75, 3.05) is 13.7 Å². The molecule has 0 saturated heterocycles. The van der Waals surface area contributed by atoms with E-state index in [0.29, 0.717) is 29.6 Å². The maximum Gasteiger partial charge on any atom is 0.241 e. The van der Waals surface area contributed by atoms with Crippen molar-refractivity contribution in [3.05, 3.63) is 53.6 Å². The van der Waals surface area contributed by atoms with Gasteiger partial charge in [0.1, 0.15) is 0 Å². The summed E-state index contributed by atoms with van der Waals surface area (Å²) in [5.74, 6) is 1.35. The second kappa shape index (κ2) is 9.21. The first-order valence-electron chi connectivity index (χ1n) is 9.08. The zero-order chi connectivity index (χ0) is 20.9. The van der Waals surface area contributed by atoms with E-state index in [1.165, 1.54) is 19.1 Å². The Balaban J connectivity index is 2.22. The highest BCUT2D eigenvalue weighted by atomic mass is 32.2. The summed E-state index contributed by atoms with van der Waals surface area (Å²) in [5, 5.41) is 0. The lowest BCUT2D eigenvalue weighted by atomic mass is 10.1. The number of methoxy groups -OCH3 is 1. The van der Waals surface area contributed by atoms with Gasteiger partial charge in [-0.05, 0) is 49.6 Å². The Kier molecular flexibility index (Phi) is 7.21. The molecule has 28 heavy (non-hydrogen) atoms. The van der Waals surface area contributed by atoms with Crippen molar-refractivity contribution >= 4 is 15.8 Å².